The van der Waals surface area contributed by atoms with Gasteiger partial charge in [0, 0.05) is 11.6 Å². The Kier molecular flexibility index (Phi) is 2.02. The lowest BCUT2D eigenvalue weighted by atomic mass is 9.79. The fourth-order valence-electron chi connectivity index (χ4n) is 1.57. The molecule has 1 aromatic carbocycles. The molecular formula is C10H8F3. The second kappa shape index (κ2) is 3.05. The second-order valence-electron chi connectivity index (χ2n) is 3.32. The third-order valence-corrected chi connectivity index (χ3v) is 2.49. The van der Waals surface area contributed by atoms with Gasteiger partial charge in [0.2, 0.25) is 0 Å². The minimum Gasteiger partial charge on any atom is -0.206 e. The van der Waals surface area contributed by atoms with Crippen LogP contribution in [0, 0.1) is 23.5 Å². The Labute approximate surface area is 74.4 Å². The van der Waals surface area contributed by atoms with E-state index in [1.807, 2.05) is 6.07 Å². The summed E-state index contributed by atoms with van der Waals surface area (Å²) in [5, 5.41) is 0. The Hall–Kier alpha value is -0.990. The van der Waals surface area contributed by atoms with Gasteiger partial charge >= 0.3 is 0 Å². The summed E-state index contributed by atoms with van der Waals surface area (Å²) in [7, 11) is 0. The highest BCUT2D eigenvalue weighted by molar-refractivity contribution is 5.25. The van der Waals surface area contributed by atoms with Crippen LogP contribution in [-0.4, -0.2) is 0 Å². The molecule has 3 heteroatoms. The van der Waals surface area contributed by atoms with Crippen LogP contribution < -0.4 is 0 Å². The molecule has 69 valence electrons. The van der Waals surface area contributed by atoms with Crippen LogP contribution in [0.4, 0.5) is 13.2 Å². The zero-order valence-electron chi connectivity index (χ0n) is 6.91. The summed E-state index contributed by atoms with van der Waals surface area (Å²) in [6.45, 7) is 0. The number of halogens is 3. The zero-order valence-corrected chi connectivity index (χ0v) is 6.91. The maximum Gasteiger partial charge on any atom is 0.140 e. The number of hydrogen-bond acceptors (Lipinski definition) is 0. The molecule has 0 heterocycles. The fraction of sp³-hybridized carbons (Fsp3) is 0.400. The van der Waals surface area contributed by atoms with Crippen LogP contribution in [0.1, 0.15) is 30.7 Å². The van der Waals surface area contributed by atoms with E-state index in [1.165, 1.54) is 0 Å². The van der Waals surface area contributed by atoms with Gasteiger partial charge in [-0.05, 0) is 18.8 Å². The van der Waals surface area contributed by atoms with Crippen molar-refractivity contribution in [3.8, 4) is 0 Å². The van der Waals surface area contributed by atoms with Gasteiger partial charge in [0.05, 0.1) is 6.07 Å². The largest absolute Gasteiger partial charge is 0.206 e. The number of benzene rings is 1. The predicted octanol–water partition coefficient (Wildman–Crippen LogP) is 3.17. The van der Waals surface area contributed by atoms with E-state index in [4.69, 9.17) is 0 Å². The summed E-state index contributed by atoms with van der Waals surface area (Å²) in [5.74, 6) is -2.70. The molecule has 1 aliphatic carbocycles. The van der Waals surface area contributed by atoms with Gasteiger partial charge in [0.15, 0.2) is 0 Å². The summed E-state index contributed by atoms with van der Waals surface area (Å²) in [5.41, 5.74) is 0.00708. The van der Waals surface area contributed by atoms with E-state index in [9.17, 15) is 13.2 Å². The Bertz CT molecular complexity index is 306. The predicted molar refractivity (Wildman–Crippen MR) is 41.7 cm³/mol. The van der Waals surface area contributed by atoms with Gasteiger partial charge in [-0.3, -0.25) is 0 Å². The molecule has 0 unspecified atom stereocenters. The average molecular weight is 185 g/mol. The second-order valence-corrected chi connectivity index (χ2v) is 3.32. The van der Waals surface area contributed by atoms with Crippen LogP contribution in [-0.2, 0) is 0 Å². The molecule has 0 saturated heterocycles. The summed E-state index contributed by atoms with van der Waals surface area (Å²) < 4.78 is 38.6. The van der Waals surface area contributed by atoms with Gasteiger partial charge in [0.25, 0.3) is 0 Å². The minimum absolute atomic E-state index is 0.00708. The lowest BCUT2D eigenvalue weighted by Crippen LogP contribution is -2.13. The highest BCUT2D eigenvalue weighted by Gasteiger charge is 2.26. The SMILES string of the molecule is Fc1[c]c(F)c(C2CCC2)c(F)c1. The Morgan fingerprint density at radius 3 is 2.38 bits per heavy atom. The van der Waals surface area contributed by atoms with Crippen molar-refractivity contribution < 1.29 is 13.2 Å². The van der Waals surface area contributed by atoms with E-state index in [2.05, 4.69) is 0 Å². The van der Waals surface area contributed by atoms with Crippen molar-refractivity contribution in [2.24, 2.45) is 0 Å². The molecule has 0 amide bonds. The van der Waals surface area contributed by atoms with Crippen molar-refractivity contribution in [1.82, 2.24) is 0 Å². The summed E-state index contributed by atoms with van der Waals surface area (Å²) in [6.07, 6.45) is 2.56. The van der Waals surface area contributed by atoms with Crippen LogP contribution in [0.5, 0.6) is 0 Å². The van der Waals surface area contributed by atoms with Gasteiger partial charge in [-0.2, -0.15) is 0 Å². The van der Waals surface area contributed by atoms with Gasteiger partial charge in [-0.1, -0.05) is 6.42 Å². The zero-order chi connectivity index (χ0) is 9.42. The van der Waals surface area contributed by atoms with Crippen LogP contribution in [0.25, 0.3) is 0 Å². The van der Waals surface area contributed by atoms with E-state index in [0.717, 1.165) is 19.3 Å². The Morgan fingerprint density at radius 1 is 1.23 bits per heavy atom. The fourth-order valence-corrected chi connectivity index (χ4v) is 1.57. The maximum atomic E-state index is 13.1. The molecule has 13 heavy (non-hydrogen) atoms. The lowest BCUT2D eigenvalue weighted by Gasteiger charge is -2.26. The first-order chi connectivity index (χ1) is 6.18. The summed E-state index contributed by atoms with van der Waals surface area (Å²) in [4.78, 5) is 0. The molecule has 0 nitrogen and oxygen atoms in total. The molecule has 0 bridgehead atoms. The van der Waals surface area contributed by atoms with Gasteiger partial charge in [-0.15, -0.1) is 0 Å². The molecule has 1 aromatic rings. The first kappa shape index (κ1) is 8.60. The molecule has 0 aliphatic heterocycles. The van der Waals surface area contributed by atoms with Crippen molar-refractivity contribution in [3.63, 3.8) is 0 Å². The van der Waals surface area contributed by atoms with E-state index < -0.39 is 17.5 Å². The lowest BCUT2D eigenvalue weighted by molar-refractivity contribution is 0.383. The molecule has 2 rings (SSSR count). The molecular weight excluding hydrogens is 177 g/mol. The maximum absolute atomic E-state index is 13.1. The smallest absolute Gasteiger partial charge is 0.140 e. The van der Waals surface area contributed by atoms with Crippen LogP contribution in [0.3, 0.4) is 0 Å². The monoisotopic (exact) mass is 185 g/mol. The third kappa shape index (κ3) is 1.43. The first-order valence-corrected chi connectivity index (χ1v) is 4.25. The molecule has 1 radical (unpaired) electrons. The molecule has 1 saturated carbocycles. The highest BCUT2D eigenvalue weighted by Crippen LogP contribution is 2.38. The van der Waals surface area contributed by atoms with Crippen molar-refractivity contribution in [2.75, 3.05) is 0 Å². The standard InChI is InChI=1S/C10H8F3/c11-7-4-8(12)10(9(13)5-7)6-2-1-3-6/h4,6H,1-3H2. The van der Waals surface area contributed by atoms with Gasteiger partial charge in [-0.25, -0.2) is 13.2 Å². The van der Waals surface area contributed by atoms with E-state index in [0.29, 0.717) is 6.07 Å². The van der Waals surface area contributed by atoms with Gasteiger partial charge < -0.3 is 0 Å². The Morgan fingerprint density at radius 2 is 1.92 bits per heavy atom. The molecule has 0 atom stereocenters. The first-order valence-electron chi connectivity index (χ1n) is 4.25. The minimum atomic E-state index is -0.974. The highest BCUT2D eigenvalue weighted by atomic mass is 19.1. The van der Waals surface area contributed by atoms with E-state index in [-0.39, 0.29) is 11.5 Å². The molecule has 0 aromatic heterocycles. The van der Waals surface area contributed by atoms with Crippen molar-refractivity contribution >= 4 is 0 Å². The normalized spacial score (nSPS) is 17.2. The van der Waals surface area contributed by atoms with Crippen molar-refractivity contribution in [2.45, 2.75) is 25.2 Å². The van der Waals surface area contributed by atoms with E-state index >= 15 is 0 Å². The van der Waals surface area contributed by atoms with Crippen LogP contribution in [0.2, 0.25) is 0 Å². The molecule has 1 fully saturated rings. The van der Waals surface area contributed by atoms with E-state index in [1.54, 1.807) is 0 Å². The van der Waals surface area contributed by atoms with Crippen LogP contribution in [0.15, 0.2) is 6.07 Å². The number of rotatable bonds is 1. The quantitative estimate of drug-likeness (QED) is 0.630. The van der Waals surface area contributed by atoms with Crippen molar-refractivity contribution in [3.05, 3.63) is 35.1 Å². The number of hydrogen-bond donors (Lipinski definition) is 0. The molecule has 0 N–H and O–H groups in total. The summed E-state index contributed by atoms with van der Waals surface area (Å²) in [6, 6.07) is 2.55. The average Bonchev–Trinajstić information content (AvgIpc) is 1.92. The van der Waals surface area contributed by atoms with Crippen LogP contribution >= 0.6 is 0 Å². The van der Waals surface area contributed by atoms with Gasteiger partial charge in [0.1, 0.15) is 17.5 Å². The Balaban J connectivity index is 2.43. The molecule has 0 spiro atoms. The summed E-state index contributed by atoms with van der Waals surface area (Å²) >= 11 is 0. The topological polar surface area (TPSA) is 0 Å². The van der Waals surface area contributed by atoms with Crippen molar-refractivity contribution in [1.29, 1.82) is 0 Å². The molecule has 1 aliphatic rings. The third-order valence-electron chi connectivity index (χ3n) is 2.49.